The van der Waals surface area contributed by atoms with Crippen molar-refractivity contribution < 1.29 is 27.4 Å². The third-order valence-electron chi connectivity index (χ3n) is 4.30. The van der Waals surface area contributed by atoms with Crippen LogP contribution in [-0.2, 0) is 16.4 Å². The average molecular weight is 437 g/mol. The number of carbonyl (C=O) groups excluding carboxylic acids is 1. The molecule has 8 nitrogen and oxygen atoms in total. The quantitative estimate of drug-likeness (QED) is 0.593. The van der Waals surface area contributed by atoms with Crippen molar-refractivity contribution in [3.05, 3.63) is 47.5 Å². The lowest BCUT2D eigenvalue weighted by Crippen LogP contribution is -2.31. The van der Waals surface area contributed by atoms with Crippen LogP contribution in [-0.4, -0.2) is 48.2 Å². The van der Waals surface area contributed by atoms with Crippen molar-refractivity contribution in [2.45, 2.75) is 31.2 Å². The molecule has 2 N–H and O–H groups in total. The second-order valence-corrected chi connectivity index (χ2v) is 8.59. The first-order chi connectivity index (χ1) is 14.2. The van der Waals surface area contributed by atoms with Gasteiger partial charge < -0.3 is 19.5 Å². The van der Waals surface area contributed by atoms with Gasteiger partial charge in [-0.2, -0.15) is 0 Å². The highest BCUT2D eigenvalue weighted by molar-refractivity contribution is 7.89. The van der Waals surface area contributed by atoms with Crippen LogP contribution in [0.15, 0.2) is 41.3 Å². The summed E-state index contributed by atoms with van der Waals surface area (Å²) in [4.78, 5) is 12.4. The number of sulfonamides is 1. The normalized spacial score (nSPS) is 11.3. The molecule has 1 amide bonds. The second kappa shape index (κ2) is 10.3. The Kier molecular flexibility index (Phi) is 8.08. The summed E-state index contributed by atoms with van der Waals surface area (Å²) in [5, 5.41) is 2.74. The molecule has 0 aliphatic carbocycles. The molecule has 2 rings (SSSR count). The Labute approximate surface area is 177 Å². The fourth-order valence-corrected chi connectivity index (χ4v) is 3.88. The van der Waals surface area contributed by atoms with Gasteiger partial charge >= 0.3 is 0 Å². The van der Waals surface area contributed by atoms with Gasteiger partial charge in [0.15, 0.2) is 11.5 Å². The van der Waals surface area contributed by atoms with E-state index in [4.69, 9.17) is 14.2 Å². The van der Waals surface area contributed by atoms with Crippen molar-refractivity contribution in [1.82, 2.24) is 10.0 Å². The van der Waals surface area contributed by atoms with Crippen LogP contribution in [0, 0.1) is 0 Å². The molecule has 2 aromatic rings. The SMILES string of the molecule is COc1ccc(CCNS(=O)(=O)c2ccc(OC)c(C(=O)NC(C)C)c2)cc1OC. The minimum absolute atomic E-state index is 0.00971. The van der Waals surface area contributed by atoms with Gasteiger partial charge in [0.05, 0.1) is 31.8 Å². The Morgan fingerprint density at radius 3 is 2.17 bits per heavy atom. The van der Waals surface area contributed by atoms with E-state index in [1.807, 2.05) is 19.9 Å². The van der Waals surface area contributed by atoms with E-state index in [1.54, 1.807) is 26.4 Å². The molecule has 0 spiro atoms. The molecule has 30 heavy (non-hydrogen) atoms. The number of benzene rings is 2. The number of ether oxygens (including phenoxy) is 3. The minimum Gasteiger partial charge on any atom is -0.496 e. The molecule has 0 aliphatic heterocycles. The highest BCUT2D eigenvalue weighted by Gasteiger charge is 2.20. The van der Waals surface area contributed by atoms with Crippen molar-refractivity contribution in [3.8, 4) is 17.2 Å². The summed E-state index contributed by atoms with van der Waals surface area (Å²) in [5.41, 5.74) is 1.05. The highest BCUT2D eigenvalue weighted by Crippen LogP contribution is 2.27. The molecule has 9 heteroatoms. The van der Waals surface area contributed by atoms with Crippen LogP contribution in [0.25, 0.3) is 0 Å². The third-order valence-corrected chi connectivity index (χ3v) is 5.76. The summed E-state index contributed by atoms with van der Waals surface area (Å²) >= 11 is 0. The Bertz CT molecular complexity index is 989. The lowest BCUT2D eigenvalue weighted by atomic mass is 10.1. The molecule has 0 bridgehead atoms. The number of hydrogen-bond donors (Lipinski definition) is 2. The van der Waals surface area contributed by atoms with Gasteiger partial charge in [0.2, 0.25) is 10.0 Å². The number of amides is 1. The van der Waals surface area contributed by atoms with Crippen molar-refractivity contribution in [3.63, 3.8) is 0 Å². The topological polar surface area (TPSA) is 103 Å². The Hall–Kier alpha value is -2.78. The fraction of sp³-hybridized carbons (Fsp3) is 0.381. The summed E-state index contributed by atoms with van der Waals surface area (Å²) in [6.07, 6.45) is 0.455. The van der Waals surface area contributed by atoms with E-state index in [1.165, 1.54) is 25.3 Å². The summed E-state index contributed by atoms with van der Waals surface area (Å²) in [6, 6.07) is 9.51. The molecule has 0 saturated carbocycles. The van der Waals surface area contributed by atoms with Gasteiger partial charge in [0, 0.05) is 12.6 Å². The van der Waals surface area contributed by atoms with Crippen LogP contribution in [0.5, 0.6) is 17.2 Å². The van der Waals surface area contributed by atoms with E-state index in [2.05, 4.69) is 10.0 Å². The molecule has 2 aromatic carbocycles. The minimum atomic E-state index is -3.81. The number of nitrogens with one attached hydrogen (secondary N) is 2. The Balaban J connectivity index is 2.14. The molecule has 0 atom stereocenters. The predicted octanol–water partition coefficient (Wildman–Crippen LogP) is 2.37. The molecular formula is C21H28N2O6S. The maximum Gasteiger partial charge on any atom is 0.255 e. The molecule has 0 aliphatic rings. The van der Waals surface area contributed by atoms with Crippen molar-refractivity contribution in [1.29, 1.82) is 0 Å². The fourth-order valence-electron chi connectivity index (χ4n) is 2.82. The maximum atomic E-state index is 12.7. The first-order valence-electron chi connectivity index (χ1n) is 9.41. The molecule has 0 fully saturated rings. The van der Waals surface area contributed by atoms with E-state index < -0.39 is 15.9 Å². The standard InChI is InChI=1S/C21H28N2O6S/c1-14(2)23-21(24)17-13-16(7-9-18(17)27-3)30(25,26)22-11-10-15-6-8-19(28-4)20(12-15)29-5/h6-9,12-14,22H,10-11H2,1-5H3,(H,23,24). The van der Waals surface area contributed by atoms with Gasteiger partial charge in [-0.25, -0.2) is 13.1 Å². The second-order valence-electron chi connectivity index (χ2n) is 6.83. The number of rotatable bonds is 10. The molecule has 0 radical (unpaired) electrons. The van der Waals surface area contributed by atoms with Crippen molar-refractivity contribution >= 4 is 15.9 Å². The zero-order valence-corrected chi connectivity index (χ0v) is 18.6. The van der Waals surface area contributed by atoms with Gasteiger partial charge in [-0.05, 0) is 56.2 Å². The smallest absolute Gasteiger partial charge is 0.255 e. The zero-order valence-electron chi connectivity index (χ0n) is 17.8. The van der Waals surface area contributed by atoms with E-state index in [-0.39, 0.29) is 23.0 Å². The van der Waals surface area contributed by atoms with Crippen molar-refractivity contribution in [2.75, 3.05) is 27.9 Å². The van der Waals surface area contributed by atoms with Crippen LogP contribution in [0.1, 0.15) is 29.8 Å². The average Bonchev–Trinajstić information content (AvgIpc) is 2.72. The van der Waals surface area contributed by atoms with Gasteiger partial charge in [-0.1, -0.05) is 6.07 Å². The van der Waals surface area contributed by atoms with Crippen LogP contribution < -0.4 is 24.2 Å². The van der Waals surface area contributed by atoms with Gasteiger partial charge in [-0.15, -0.1) is 0 Å². The van der Waals surface area contributed by atoms with E-state index in [0.717, 1.165) is 5.56 Å². The van der Waals surface area contributed by atoms with Crippen molar-refractivity contribution in [2.24, 2.45) is 0 Å². The van der Waals surface area contributed by atoms with E-state index in [0.29, 0.717) is 23.7 Å². The number of methoxy groups -OCH3 is 3. The van der Waals surface area contributed by atoms with Gasteiger partial charge in [-0.3, -0.25) is 4.79 Å². The lowest BCUT2D eigenvalue weighted by molar-refractivity contribution is 0.0940. The monoisotopic (exact) mass is 436 g/mol. The summed E-state index contributed by atoms with van der Waals surface area (Å²) in [7, 11) is 0.712. The zero-order chi connectivity index (χ0) is 22.3. The van der Waals surface area contributed by atoms with Gasteiger partial charge in [0.1, 0.15) is 5.75 Å². The summed E-state index contributed by atoms with van der Waals surface area (Å²) in [6.45, 7) is 3.82. The molecule has 0 unspecified atom stereocenters. The summed E-state index contributed by atoms with van der Waals surface area (Å²) < 4.78 is 43.7. The van der Waals surface area contributed by atoms with Crippen LogP contribution in [0.4, 0.5) is 0 Å². The molecule has 164 valence electrons. The Morgan fingerprint density at radius 1 is 0.933 bits per heavy atom. The lowest BCUT2D eigenvalue weighted by Gasteiger charge is -2.14. The van der Waals surface area contributed by atoms with Crippen LogP contribution in [0.2, 0.25) is 0 Å². The third kappa shape index (κ3) is 5.87. The van der Waals surface area contributed by atoms with E-state index in [9.17, 15) is 13.2 Å². The highest BCUT2D eigenvalue weighted by atomic mass is 32.2. The maximum absolute atomic E-state index is 12.7. The molecule has 0 saturated heterocycles. The first kappa shape index (κ1) is 23.5. The summed E-state index contributed by atoms with van der Waals surface area (Å²) in [5.74, 6) is 1.09. The van der Waals surface area contributed by atoms with Gasteiger partial charge in [0.25, 0.3) is 5.91 Å². The number of carbonyl (C=O) groups is 1. The number of hydrogen-bond acceptors (Lipinski definition) is 6. The van der Waals surface area contributed by atoms with Crippen LogP contribution in [0.3, 0.4) is 0 Å². The largest absolute Gasteiger partial charge is 0.496 e. The molecule has 0 aromatic heterocycles. The first-order valence-corrected chi connectivity index (χ1v) is 10.9. The molecule has 0 heterocycles. The predicted molar refractivity (Wildman–Crippen MR) is 114 cm³/mol. The van der Waals surface area contributed by atoms with Crippen LogP contribution >= 0.6 is 0 Å². The molecular weight excluding hydrogens is 408 g/mol. The Morgan fingerprint density at radius 2 is 1.57 bits per heavy atom. The van der Waals surface area contributed by atoms with E-state index >= 15 is 0 Å².